The molecule has 0 aromatic heterocycles. The molecule has 276 valence electrons. The summed E-state index contributed by atoms with van der Waals surface area (Å²) in [6.45, 7) is 9.85. The summed E-state index contributed by atoms with van der Waals surface area (Å²) in [7, 11) is 0. The van der Waals surface area contributed by atoms with E-state index in [1.165, 1.54) is 103 Å². The van der Waals surface area contributed by atoms with E-state index >= 15 is 0 Å². The molecule has 3 aliphatic carbocycles. The Morgan fingerprint density at radius 3 is 1.75 bits per heavy atom. The number of aryl methyl sites for hydroxylation is 1. The maximum atomic E-state index is 2.63. The van der Waals surface area contributed by atoms with Crippen LogP contribution >= 0.6 is 0 Å². The van der Waals surface area contributed by atoms with Crippen LogP contribution < -0.4 is 4.90 Å². The van der Waals surface area contributed by atoms with Crippen molar-refractivity contribution >= 4 is 17.1 Å². The van der Waals surface area contributed by atoms with Gasteiger partial charge in [-0.05, 0) is 141 Å². The third-order valence-electron chi connectivity index (χ3n) is 13.6. The molecule has 3 aliphatic rings. The van der Waals surface area contributed by atoms with Crippen LogP contribution in [0.4, 0.5) is 17.1 Å². The highest BCUT2D eigenvalue weighted by Gasteiger charge is 2.47. The van der Waals surface area contributed by atoms with Crippen LogP contribution in [0.3, 0.4) is 0 Å². The van der Waals surface area contributed by atoms with Gasteiger partial charge in [0.2, 0.25) is 0 Å². The van der Waals surface area contributed by atoms with Crippen molar-refractivity contribution in [3.05, 3.63) is 208 Å². The van der Waals surface area contributed by atoms with E-state index in [0.29, 0.717) is 0 Å². The molecule has 0 saturated heterocycles. The fourth-order valence-corrected chi connectivity index (χ4v) is 10.8. The lowest BCUT2D eigenvalue weighted by Gasteiger charge is -2.43. The van der Waals surface area contributed by atoms with Crippen LogP contribution in [-0.2, 0) is 29.1 Å². The molecule has 56 heavy (non-hydrogen) atoms. The minimum atomic E-state index is -0.502. The van der Waals surface area contributed by atoms with Gasteiger partial charge in [0.1, 0.15) is 0 Å². The van der Waals surface area contributed by atoms with Crippen LogP contribution in [0.15, 0.2) is 164 Å². The van der Waals surface area contributed by atoms with Gasteiger partial charge >= 0.3 is 0 Å². The van der Waals surface area contributed by atoms with Gasteiger partial charge in [0.25, 0.3) is 0 Å². The number of hydrogen-bond acceptors (Lipinski definition) is 1. The maximum absolute atomic E-state index is 2.63. The molecule has 7 aromatic rings. The van der Waals surface area contributed by atoms with Gasteiger partial charge in [-0.2, -0.15) is 0 Å². The van der Waals surface area contributed by atoms with Crippen LogP contribution in [0, 0.1) is 0 Å². The lowest BCUT2D eigenvalue weighted by Crippen LogP contribution is -2.34. The number of rotatable bonds is 6. The second-order valence-electron chi connectivity index (χ2n) is 17.7. The Kier molecular flexibility index (Phi) is 8.22. The van der Waals surface area contributed by atoms with Gasteiger partial charge in [0, 0.05) is 16.9 Å². The Hall–Kier alpha value is -5.66. The fraction of sp³-hybridized carbons (Fsp3) is 0.236. The topological polar surface area (TPSA) is 3.24 Å². The highest BCUT2D eigenvalue weighted by atomic mass is 15.1. The van der Waals surface area contributed by atoms with Crippen molar-refractivity contribution in [3.63, 3.8) is 0 Å². The Morgan fingerprint density at radius 2 is 1.02 bits per heavy atom. The van der Waals surface area contributed by atoms with Gasteiger partial charge in [-0.25, -0.2) is 0 Å². The first-order valence-electron chi connectivity index (χ1n) is 20.8. The van der Waals surface area contributed by atoms with E-state index in [0.717, 1.165) is 19.3 Å². The zero-order chi connectivity index (χ0) is 38.1. The van der Waals surface area contributed by atoms with E-state index in [2.05, 4.69) is 196 Å². The minimum absolute atomic E-state index is 0.0248. The largest absolute Gasteiger partial charge is 0.310 e. The standard InChI is InChI=1S/C55H51N/c1-53(2)34-35-54(3,4)52-44(30-19-32-48(52)53)46-36-45-43-29-16-17-31-47(43)55(39-22-8-5-9-23-39,40-24-10-6-11-25-40)49(45)37-51(46)56(41-26-12-7-13-27-41)50-33-18-21-38-20-14-15-28-42(38)50/h5-13,16-19,21-27,29-33,36-37H,14-15,20,28,34-35H2,1-4H3. The molecule has 0 aliphatic heterocycles. The van der Waals surface area contributed by atoms with Gasteiger partial charge in [-0.3, -0.25) is 0 Å². The van der Waals surface area contributed by atoms with E-state index in [4.69, 9.17) is 0 Å². The predicted molar refractivity (Wildman–Crippen MR) is 236 cm³/mol. The molecular weight excluding hydrogens is 675 g/mol. The molecule has 1 heteroatoms. The Labute approximate surface area is 333 Å². The van der Waals surface area contributed by atoms with E-state index < -0.39 is 5.41 Å². The molecule has 0 N–H and O–H groups in total. The predicted octanol–water partition coefficient (Wildman–Crippen LogP) is 14.4. The molecule has 1 nitrogen and oxygen atoms in total. The highest BCUT2D eigenvalue weighted by molar-refractivity contribution is 5.98. The summed E-state index contributed by atoms with van der Waals surface area (Å²) in [6.07, 6.45) is 7.05. The van der Waals surface area contributed by atoms with Crippen molar-refractivity contribution in [2.24, 2.45) is 0 Å². The summed E-state index contributed by atoms with van der Waals surface area (Å²) in [4.78, 5) is 2.63. The average molecular weight is 726 g/mol. The molecule has 0 atom stereocenters. The summed E-state index contributed by atoms with van der Waals surface area (Å²) < 4.78 is 0. The van der Waals surface area contributed by atoms with Crippen molar-refractivity contribution in [1.82, 2.24) is 0 Å². The monoisotopic (exact) mass is 725 g/mol. The van der Waals surface area contributed by atoms with Crippen LogP contribution in [0.5, 0.6) is 0 Å². The maximum Gasteiger partial charge on any atom is 0.0714 e. The zero-order valence-corrected chi connectivity index (χ0v) is 33.3. The number of hydrogen-bond donors (Lipinski definition) is 0. The molecule has 0 heterocycles. The number of fused-ring (bicyclic) bond motifs is 5. The van der Waals surface area contributed by atoms with Crippen LogP contribution in [-0.4, -0.2) is 0 Å². The molecule has 0 saturated carbocycles. The second kappa shape index (κ2) is 13.2. The summed E-state index contributed by atoms with van der Waals surface area (Å²) in [6, 6.07) is 62.3. The highest BCUT2D eigenvalue weighted by Crippen LogP contribution is 2.60. The van der Waals surface area contributed by atoms with Gasteiger partial charge in [-0.1, -0.05) is 161 Å². The first-order valence-corrected chi connectivity index (χ1v) is 20.8. The molecule has 0 radical (unpaired) electrons. The van der Waals surface area contributed by atoms with Gasteiger partial charge in [0.05, 0.1) is 11.1 Å². The fourth-order valence-electron chi connectivity index (χ4n) is 10.8. The van der Waals surface area contributed by atoms with Crippen molar-refractivity contribution in [2.75, 3.05) is 4.90 Å². The Morgan fingerprint density at radius 1 is 0.429 bits per heavy atom. The molecule has 0 unspecified atom stereocenters. The smallest absolute Gasteiger partial charge is 0.0714 e. The van der Waals surface area contributed by atoms with Crippen molar-refractivity contribution < 1.29 is 0 Å². The van der Waals surface area contributed by atoms with Crippen molar-refractivity contribution in [1.29, 1.82) is 0 Å². The average Bonchev–Trinajstić information content (AvgIpc) is 3.53. The summed E-state index contributed by atoms with van der Waals surface area (Å²) in [5.41, 5.74) is 19.9. The van der Waals surface area contributed by atoms with Gasteiger partial charge in [-0.15, -0.1) is 0 Å². The molecule has 0 bridgehead atoms. The molecule has 10 rings (SSSR count). The van der Waals surface area contributed by atoms with E-state index in [-0.39, 0.29) is 10.8 Å². The third-order valence-corrected chi connectivity index (χ3v) is 13.6. The molecule has 0 fully saturated rings. The molecular formula is C55H51N. The lowest BCUT2D eigenvalue weighted by molar-refractivity contribution is 0.333. The first-order chi connectivity index (χ1) is 27.3. The normalized spacial score (nSPS) is 16.9. The van der Waals surface area contributed by atoms with E-state index in [9.17, 15) is 0 Å². The van der Waals surface area contributed by atoms with Gasteiger partial charge in [0.15, 0.2) is 0 Å². The number of benzene rings is 7. The minimum Gasteiger partial charge on any atom is -0.310 e. The van der Waals surface area contributed by atoms with E-state index in [1.54, 1.807) is 0 Å². The molecule has 0 spiro atoms. The van der Waals surface area contributed by atoms with Crippen LogP contribution in [0.1, 0.15) is 97.9 Å². The number of nitrogens with zero attached hydrogens (tertiary/aromatic N) is 1. The lowest BCUT2D eigenvalue weighted by atomic mass is 9.61. The summed E-state index contributed by atoms with van der Waals surface area (Å²) in [5, 5.41) is 0. The van der Waals surface area contributed by atoms with Gasteiger partial charge < -0.3 is 4.90 Å². The van der Waals surface area contributed by atoms with E-state index in [1.807, 2.05) is 0 Å². The first kappa shape index (κ1) is 34.8. The summed E-state index contributed by atoms with van der Waals surface area (Å²) >= 11 is 0. The third kappa shape index (κ3) is 5.27. The Balaban J connectivity index is 1.38. The van der Waals surface area contributed by atoms with Crippen LogP contribution in [0.2, 0.25) is 0 Å². The summed E-state index contributed by atoms with van der Waals surface area (Å²) in [5.74, 6) is 0. The van der Waals surface area contributed by atoms with Crippen molar-refractivity contribution in [2.45, 2.75) is 82.5 Å². The Bertz CT molecular complexity index is 2540. The number of anilines is 3. The van der Waals surface area contributed by atoms with Crippen molar-refractivity contribution in [3.8, 4) is 22.3 Å². The molecule has 0 amide bonds. The second-order valence-corrected chi connectivity index (χ2v) is 17.7. The zero-order valence-electron chi connectivity index (χ0n) is 33.3. The molecule has 7 aromatic carbocycles. The number of para-hydroxylation sites is 1. The quantitative estimate of drug-likeness (QED) is 0.165. The van der Waals surface area contributed by atoms with Crippen LogP contribution in [0.25, 0.3) is 22.3 Å². The SMILES string of the molecule is CC1(C)CCC(C)(C)c2c(-c3cc4c(cc3N(c3ccccc3)c3cccc5c3CCCC5)C(c3ccccc3)(c3ccccc3)c3ccccc3-4)cccc21.